The van der Waals surface area contributed by atoms with E-state index in [9.17, 15) is 9.59 Å². The number of ether oxygens (including phenoxy) is 4. The van der Waals surface area contributed by atoms with E-state index in [1.807, 2.05) is 0 Å². The minimum Gasteiger partial charge on any atom is -0.493 e. The van der Waals surface area contributed by atoms with Crippen molar-refractivity contribution in [3.63, 3.8) is 0 Å². The molecule has 0 aliphatic carbocycles. The van der Waals surface area contributed by atoms with Crippen molar-refractivity contribution in [3.8, 4) is 17.2 Å². The number of thiazole rings is 1. The summed E-state index contributed by atoms with van der Waals surface area (Å²) in [4.78, 5) is 29.3. The second kappa shape index (κ2) is 9.00. The molecule has 0 saturated carbocycles. The first-order valence-electron chi connectivity index (χ1n) is 9.09. The topological polar surface area (TPSA) is 96.0 Å². The summed E-state index contributed by atoms with van der Waals surface area (Å²) in [7, 11) is 4.45. The highest BCUT2D eigenvalue weighted by Gasteiger charge is 2.18. The number of nitrogens with zero attached hydrogens (tertiary/aromatic N) is 1. The first-order valence-corrected chi connectivity index (χ1v) is 9.90. The van der Waals surface area contributed by atoms with Crippen LogP contribution >= 0.6 is 11.3 Å². The Bertz CT molecular complexity index is 1070. The van der Waals surface area contributed by atoms with E-state index in [-0.39, 0.29) is 12.0 Å². The fourth-order valence-electron chi connectivity index (χ4n) is 2.77. The second-order valence-corrected chi connectivity index (χ2v) is 7.55. The third kappa shape index (κ3) is 4.46. The molecular weight excluding hydrogens is 408 g/mol. The summed E-state index contributed by atoms with van der Waals surface area (Å²) in [5, 5.41) is 3.17. The molecule has 0 bridgehead atoms. The number of benzene rings is 2. The van der Waals surface area contributed by atoms with Crippen molar-refractivity contribution in [3.05, 3.63) is 41.5 Å². The summed E-state index contributed by atoms with van der Waals surface area (Å²) in [6.45, 7) is 3.58. The van der Waals surface area contributed by atoms with E-state index in [1.54, 1.807) is 44.2 Å². The van der Waals surface area contributed by atoms with Gasteiger partial charge in [0.05, 0.1) is 43.2 Å². The van der Waals surface area contributed by atoms with Crippen molar-refractivity contribution in [1.29, 1.82) is 0 Å². The summed E-state index contributed by atoms with van der Waals surface area (Å²) in [6, 6.07) is 8.19. The van der Waals surface area contributed by atoms with Gasteiger partial charge < -0.3 is 18.9 Å². The van der Waals surface area contributed by atoms with Gasteiger partial charge in [-0.05, 0) is 44.2 Å². The van der Waals surface area contributed by atoms with Crippen LogP contribution in [0.4, 0.5) is 5.13 Å². The first kappa shape index (κ1) is 21.4. The lowest BCUT2D eigenvalue weighted by molar-refractivity contribution is 0.0378. The van der Waals surface area contributed by atoms with E-state index in [2.05, 4.69) is 10.3 Å². The molecule has 0 aliphatic heterocycles. The number of hydrogen-bond acceptors (Lipinski definition) is 8. The molecule has 0 saturated heterocycles. The number of fused-ring (bicyclic) bond motifs is 1. The summed E-state index contributed by atoms with van der Waals surface area (Å²) in [5.74, 6) is 0.368. The maximum absolute atomic E-state index is 12.8. The van der Waals surface area contributed by atoms with E-state index in [4.69, 9.17) is 18.9 Å². The zero-order valence-electron chi connectivity index (χ0n) is 17.3. The smallest absolute Gasteiger partial charge is 0.338 e. The molecule has 8 nitrogen and oxygen atoms in total. The molecule has 3 rings (SSSR count). The number of nitrogens with one attached hydrogen (secondary N) is 1. The van der Waals surface area contributed by atoms with Crippen molar-refractivity contribution in [2.45, 2.75) is 20.0 Å². The van der Waals surface area contributed by atoms with Gasteiger partial charge in [-0.25, -0.2) is 9.78 Å². The van der Waals surface area contributed by atoms with Crippen LogP contribution in [0.3, 0.4) is 0 Å². The third-order valence-corrected chi connectivity index (χ3v) is 5.05. The van der Waals surface area contributed by atoms with Crippen LogP contribution in [0.2, 0.25) is 0 Å². The molecule has 1 aromatic heterocycles. The molecule has 3 aromatic rings. The standard InChI is InChI=1S/C21H22N2O6S/c1-11(2)29-20(25)12-6-7-14-17(10-12)30-21(22-14)23-19(24)13-8-15(26-3)18(28-5)16(9-13)27-4/h6-11H,1-5H3,(H,22,23,24). The molecule has 1 N–H and O–H groups in total. The molecule has 0 aliphatic rings. The first-order chi connectivity index (χ1) is 14.4. The summed E-state index contributed by atoms with van der Waals surface area (Å²) < 4.78 is 21.8. The fourth-order valence-corrected chi connectivity index (χ4v) is 3.67. The Morgan fingerprint density at radius 3 is 2.20 bits per heavy atom. The van der Waals surface area contributed by atoms with E-state index in [1.165, 1.54) is 32.7 Å². The van der Waals surface area contributed by atoms with Crippen LogP contribution in [-0.4, -0.2) is 44.3 Å². The summed E-state index contributed by atoms with van der Waals surface area (Å²) in [5.41, 5.74) is 1.42. The number of esters is 1. The van der Waals surface area contributed by atoms with E-state index >= 15 is 0 Å². The Morgan fingerprint density at radius 2 is 1.63 bits per heavy atom. The highest BCUT2D eigenvalue weighted by molar-refractivity contribution is 7.22. The van der Waals surface area contributed by atoms with Crippen molar-refractivity contribution in [2.24, 2.45) is 0 Å². The predicted octanol–water partition coefficient (Wildman–Crippen LogP) is 4.14. The third-order valence-electron chi connectivity index (χ3n) is 4.11. The van der Waals surface area contributed by atoms with Gasteiger partial charge in [0.15, 0.2) is 16.6 Å². The lowest BCUT2D eigenvalue weighted by Gasteiger charge is -2.13. The quantitative estimate of drug-likeness (QED) is 0.563. The van der Waals surface area contributed by atoms with Gasteiger partial charge in [-0.1, -0.05) is 11.3 Å². The van der Waals surface area contributed by atoms with Crippen molar-refractivity contribution in [2.75, 3.05) is 26.6 Å². The SMILES string of the molecule is COc1cc(C(=O)Nc2nc3ccc(C(=O)OC(C)C)cc3s2)cc(OC)c1OC. The lowest BCUT2D eigenvalue weighted by Crippen LogP contribution is -2.12. The maximum atomic E-state index is 12.8. The molecule has 0 spiro atoms. The zero-order valence-corrected chi connectivity index (χ0v) is 18.1. The Balaban J connectivity index is 1.85. The predicted molar refractivity (Wildman–Crippen MR) is 114 cm³/mol. The Labute approximate surface area is 177 Å². The summed E-state index contributed by atoms with van der Waals surface area (Å²) >= 11 is 1.26. The van der Waals surface area contributed by atoms with Crippen LogP contribution in [0.1, 0.15) is 34.6 Å². The number of rotatable bonds is 7. The Morgan fingerprint density at radius 1 is 0.967 bits per heavy atom. The van der Waals surface area contributed by atoms with Gasteiger partial charge in [0.1, 0.15) is 0 Å². The van der Waals surface area contributed by atoms with Crippen LogP contribution in [-0.2, 0) is 4.74 Å². The highest BCUT2D eigenvalue weighted by atomic mass is 32.1. The largest absolute Gasteiger partial charge is 0.493 e. The molecule has 158 valence electrons. The van der Waals surface area contributed by atoms with Gasteiger partial charge in [-0.3, -0.25) is 10.1 Å². The van der Waals surface area contributed by atoms with Gasteiger partial charge in [0, 0.05) is 5.56 Å². The van der Waals surface area contributed by atoms with Crippen LogP contribution in [0.25, 0.3) is 10.2 Å². The van der Waals surface area contributed by atoms with Crippen LogP contribution in [0, 0.1) is 0 Å². The molecule has 9 heteroatoms. The maximum Gasteiger partial charge on any atom is 0.338 e. The second-order valence-electron chi connectivity index (χ2n) is 6.52. The van der Waals surface area contributed by atoms with E-state index < -0.39 is 5.97 Å². The highest BCUT2D eigenvalue weighted by Crippen LogP contribution is 2.38. The van der Waals surface area contributed by atoms with Crippen molar-refractivity contribution < 1.29 is 28.5 Å². The Hall–Kier alpha value is -3.33. The molecule has 0 unspecified atom stereocenters. The molecule has 0 radical (unpaired) electrons. The fraction of sp³-hybridized carbons (Fsp3) is 0.286. The Kier molecular flexibility index (Phi) is 6.41. The molecule has 1 amide bonds. The van der Waals surface area contributed by atoms with Gasteiger partial charge >= 0.3 is 5.97 Å². The van der Waals surface area contributed by atoms with E-state index in [0.717, 1.165) is 4.70 Å². The zero-order chi connectivity index (χ0) is 21.8. The molecule has 1 heterocycles. The van der Waals surface area contributed by atoms with Gasteiger partial charge in [0.2, 0.25) is 5.75 Å². The number of anilines is 1. The van der Waals surface area contributed by atoms with Gasteiger partial charge in [-0.15, -0.1) is 0 Å². The normalized spacial score (nSPS) is 10.7. The summed E-state index contributed by atoms with van der Waals surface area (Å²) in [6.07, 6.45) is -0.206. The number of carbonyl (C=O) groups is 2. The monoisotopic (exact) mass is 430 g/mol. The molecule has 2 aromatic carbocycles. The average Bonchev–Trinajstić information content (AvgIpc) is 3.13. The van der Waals surface area contributed by atoms with Gasteiger partial charge in [-0.2, -0.15) is 0 Å². The number of methoxy groups -OCH3 is 3. The van der Waals surface area contributed by atoms with Crippen LogP contribution in [0.5, 0.6) is 17.2 Å². The van der Waals surface area contributed by atoms with Crippen molar-refractivity contribution >= 4 is 38.6 Å². The minimum absolute atomic E-state index is 0.206. The van der Waals surface area contributed by atoms with Crippen LogP contribution < -0.4 is 19.5 Å². The van der Waals surface area contributed by atoms with Crippen LogP contribution in [0.15, 0.2) is 30.3 Å². The molecular formula is C21H22N2O6S. The van der Waals surface area contributed by atoms with Gasteiger partial charge in [0.25, 0.3) is 5.91 Å². The number of carbonyl (C=O) groups excluding carboxylic acids is 2. The number of aromatic nitrogens is 1. The lowest BCUT2D eigenvalue weighted by atomic mass is 10.1. The van der Waals surface area contributed by atoms with E-state index in [0.29, 0.717) is 39.0 Å². The number of hydrogen-bond donors (Lipinski definition) is 1. The molecule has 0 atom stereocenters. The van der Waals surface area contributed by atoms with Crippen molar-refractivity contribution in [1.82, 2.24) is 4.98 Å². The minimum atomic E-state index is -0.400. The number of amides is 1. The average molecular weight is 430 g/mol. The molecule has 0 fully saturated rings. The molecule has 30 heavy (non-hydrogen) atoms.